The predicted molar refractivity (Wildman–Crippen MR) is 67.7 cm³/mol. The second kappa shape index (κ2) is 4.90. The Bertz CT molecular complexity index is 584. The zero-order valence-corrected chi connectivity index (χ0v) is 10.5. The Kier molecular flexibility index (Phi) is 3.50. The van der Waals surface area contributed by atoms with E-state index in [1.165, 1.54) is 0 Å². The van der Waals surface area contributed by atoms with Crippen LogP contribution in [0.25, 0.3) is 10.9 Å². The number of halogens is 2. The number of esters is 1. The van der Waals surface area contributed by atoms with Crippen molar-refractivity contribution in [3.8, 4) is 0 Å². The maximum absolute atomic E-state index is 11.6. The average Bonchev–Trinajstić information content (AvgIpc) is 2.28. The number of nitrogens with zero attached hydrogens (tertiary/aromatic N) is 1. The zero-order chi connectivity index (χ0) is 12.4. The fourth-order valence-corrected chi connectivity index (χ4v) is 2.01. The Balaban J connectivity index is 2.54. The van der Waals surface area contributed by atoms with E-state index in [4.69, 9.17) is 27.9 Å². The van der Waals surface area contributed by atoms with E-state index in [-0.39, 0.29) is 5.97 Å². The number of carbonyl (C=O) groups is 1. The van der Waals surface area contributed by atoms with Crippen LogP contribution < -0.4 is 0 Å². The van der Waals surface area contributed by atoms with Crippen molar-refractivity contribution in [1.29, 1.82) is 0 Å². The molecule has 0 saturated carbocycles. The molecule has 1 aromatic carbocycles. The molecule has 2 aromatic rings. The molecular weight excluding hydrogens is 261 g/mol. The topological polar surface area (TPSA) is 39.2 Å². The van der Waals surface area contributed by atoms with Gasteiger partial charge in [-0.05, 0) is 31.2 Å². The minimum absolute atomic E-state index is 0.325. The fraction of sp³-hybridized carbons (Fsp3) is 0.167. The van der Waals surface area contributed by atoms with Gasteiger partial charge in [-0.25, -0.2) is 9.78 Å². The number of hydrogen-bond donors (Lipinski definition) is 0. The predicted octanol–water partition coefficient (Wildman–Crippen LogP) is 3.72. The van der Waals surface area contributed by atoms with E-state index in [0.29, 0.717) is 33.2 Å². The quantitative estimate of drug-likeness (QED) is 0.616. The first-order valence-corrected chi connectivity index (χ1v) is 5.80. The minimum atomic E-state index is -0.375. The fourth-order valence-electron chi connectivity index (χ4n) is 1.50. The summed E-state index contributed by atoms with van der Waals surface area (Å²) in [5.41, 5.74) is 1.10. The zero-order valence-electron chi connectivity index (χ0n) is 9.04. The van der Waals surface area contributed by atoms with Gasteiger partial charge in [0, 0.05) is 5.39 Å². The van der Waals surface area contributed by atoms with Gasteiger partial charge in [0.15, 0.2) is 0 Å². The van der Waals surface area contributed by atoms with Crippen molar-refractivity contribution in [1.82, 2.24) is 4.98 Å². The lowest BCUT2D eigenvalue weighted by Gasteiger charge is -2.05. The summed E-state index contributed by atoms with van der Waals surface area (Å²) in [5.74, 6) is -0.375. The Morgan fingerprint density at radius 2 is 2.12 bits per heavy atom. The molecule has 0 saturated heterocycles. The lowest BCUT2D eigenvalue weighted by molar-refractivity contribution is 0.0526. The number of benzene rings is 1. The third-order valence-electron chi connectivity index (χ3n) is 2.24. The first kappa shape index (κ1) is 12.1. The molecule has 0 radical (unpaired) electrons. The third kappa shape index (κ3) is 2.51. The van der Waals surface area contributed by atoms with Crippen LogP contribution in [0.3, 0.4) is 0 Å². The standard InChI is InChI=1S/C12H9Cl2NO2/c1-2-17-12(16)7-3-4-10-8(5-7)9(13)6-11(14)15-10/h3-6H,2H2,1H3. The van der Waals surface area contributed by atoms with Gasteiger partial charge >= 0.3 is 5.97 Å². The molecule has 3 nitrogen and oxygen atoms in total. The molecule has 5 heteroatoms. The summed E-state index contributed by atoms with van der Waals surface area (Å²) in [7, 11) is 0. The molecule has 0 aliphatic carbocycles. The van der Waals surface area contributed by atoms with Crippen molar-refractivity contribution in [3.63, 3.8) is 0 Å². The van der Waals surface area contributed by atoms with E-state index in [1.54, 1.807) is 31.2 Å². The maximum atomic E-state index is 11.6. The van der Waals surface area contributed by atoms with Crippen LogP contribution in [0.1, 0.15) is 17.3 Å². The summed E-state index contributed by atoms with van der Waals surface area (Å²) in [6.45, 7) is 2.09. The van der Waals surface area contributed by atoms with Gasteiger partial charge in [-0.1, -0.05) is 23.2 Å². The van der Waals surface area contributed by atoms with Crippen LogP contribution in [-0.4, -0.2) is 17.6 Å². The SMILES string of the molecule is CCOC(=O)c1ccc2nc(Cl)cc(Cl)c2c1. The molecule has 0 amide bonds. The monoisotopic (exact) mass is 269 g/mol. The van der Waals surface area contributed by atoms with Gasteiger partial charge in [0.25, 0.3) is 0 Å². The van der Waals surface area contributed by atoms with Crippen LogP contribution in [0.2, 0.25) is 10.2 Å². The molecule has 0 N–H and O–H groups in total. The Morgan fingerprint density at radius 1 is 1.35 bits per heavy atom. The van der Waals surface area contributed by atoms with E-state index < -0.39 is 0 Å². The van der Waals surface area contributed by atoms with E-state index >= 15 is 0 Å². The van der Waals surface area contributed by atoms with Crippen LogP contribution in [0.4, 0.5) is 0 Å². The van der Waals surface area contributed by atoms with E-state index in [0.717, 1.165) is 0 Å². The van der Waals surface area contributed by atoms with Crippen molar-refractivity contribution >= 4 is 40.1 Å². The Hall–Kier alpha value is -1.32. The van der Waals surface area contributed by atoms with Crippen LogP contribution in [0.15, 0.2) is 24.3 Å². The molecule has 0 atom stereocenters. The highest BCUT2D eigenvalue weighted by Crippen LogP contribution is 2.26. The number of rotatable bonds is 2. The maximum Gasteiger partial charge on any atom is 0.338 e. The molecule has 17 heavy (non-hydrogen) atoms. The molecule has 0 aliphatic rings. The van der Waals surface area contributed by atoms with Gasteiger partial charge in [-0.3, -0.25) is 0 Å². The molecule has 1 aromatic heterocycles. The summed E-state index contributed by atoms with van der Waals surface area (Å²) in [6, 6.07) is 6.53. The molecule has 0 fully saturated rings. The van der Waals surface area contributed by atoms with E-state index in [2.05, 4.69) is 4.98 Å². The molecule has 0 spiro atoms. The summed E-state index contributed by atoms with van der Waals surface area (Å²) in [6.07, 6.45) is 0. The summed E-state index contributed by atoms with van der Waals surface area (Å²) in [5, 5.41) is 1.47. The number of fused-ring (bicyclic) bond motifs is 1. The molecule has 88 valence electrons. The van der Waals surface area contributed by atoms with E-state index in [1.807, 2.05) is 0 Å². The van der Waals surface area contributed by atoms with Gasteiger partial charge in [-0.2, -0.15) is 0 Å². The highest BCUT2D eigenvalue weighted by Gasteiger charge is 2.09. The van der Waals surface area contributed by atoms with E-state index in [9.17, 15) is 4.79 Å². The smallest absolute Gasteiger partial charge is 0.338 e. The Labute approximate surface area is 108 Å². The first-order valence-electron chi connectivity index (χ1n) is 5.04. The molecule has 2 rings (SSSR count). The summed E-state index contributed by atoms with van der Waals surface area (Å²) >= 11 is 11.8. The minimum Gasteiger partial charge on any atom is -0.462 e. The second-order valence-corrected chi connectivity index (χ2v) is 4.17. The lowest BCUT2D eigenvalue weighted by Crippen LogP contribution is -2.04. The Morgan fingerprint density at radius 3 is 2.82 bits per heavy atom. The van der Waals surface area contributed by atoms with Crippen LogP contribution in [0.5, 0.6) is 0 Å². The number of aromatic nitrogens is 1. The van der Waals surface area contributed by atoms with Crippen LogP contribution in [-0.2, 0) is 4.74 Å². The first-order chi connectivity index (χ1) is 8.11. The lowest BCUT2D eigenvalue weighted by atomic mass is 10.1. The molecular formula is C12H9Cl2NO2. The summed E-state index contributed by atoms with van der Waals surface area (Å²) < 4.78 is 4.91. The summed E-state index contributed by atoms with van der Waals surface area (Å²) in [4.78, 5) is 15.7. The van der Waals surface area contributed by atoms with Crippen molar-refractivity contribution in [2.75, 3.05) is 6.61 Å². The number of ether oxygens (including phenoxy) is 1. The van der Waals surface area contributed by atoms with Crippen molar-refractivity contribution in [2.24, 2.45) is 0 Å². The molecule has 1 heterocycles. The van der Waals surface area contributed by atoms with Crippen molar-refractivity contribution < 1.29 is 9.53 Å². The van der Waals surface area contributed by atoms with Gasteiger partial charge in [-0.15, -0.1) is 0 Å². The molecule has 0 aliphatic heterocycles. The molecule has 0 bridgehead atoms. The van der Waals surface area contributed by atoms with Gasteiger partial charge in [0.1, 0.15) is 5.15 Å². The normalized spacial score (nSPS) is 10.5. The third-order valence-corrected chi connectivity index (χ3v) is 2.74. The van der Waals surface area contributed by atoms with Crippen molar-refractivity contribution in [2.45, 2.75) is 6.92 Å². The highest BCUT2D eigenvalue weighted by atomic mass is 35.5. The highest BCUT2D eigenvalue weighted by molar-refractivity contribution is 6.37. The number of hydrogen-bond acceptors (Lipinski definition) is 3. The van der Waals surface area contributed by atoms with Crippen LogP contribution >= 0.6 is 23.2 Å². The average molecular weight is 270 g/mol. The van der Waals surface area contributed by atoms with Crippen molar-refractivity contribution in [3.05, 3.63) is 40.0 Å². The van der Waals surface area contributed by atoms with Gasteiger partial charge in [0.2, 0.25) is 0 Å². The number of carbonyl (C=O) groups excluding carboxylic acids is 1. The second-order valence-electron chi connectivity index (χ2n) is 3.38. The van der Waals surface area contributed by atoms with Gasteiger partial charge < -0.3 is 4.74 Å². The number of pyridine rings is 1. The largest absolute Gasteiger partial charge is 0.462 e. The molecule has 0 unspecified atom stereocenters. The van der Waals surface area contributed by atoms with Gasteiger partial charge in [0.05, 0.1) is 22.7 Å². The van der Waals surface area contributed by atoms with Crippen LogP contribution in [0, 0.1) is 0 Å².